The summed E-state index contributed by atoms with van der Waals surface area (Å²) in [7, 11) is 0. The van der Waals surface area contributed by atoms with Crippen LogP contribution in [0.25, 0.3) is 0 Å². The Bertz CT molecular complexity index is 405. The molecule has 3 heteroatoms. The molecule has 1 fully saturated rings. The number of aryl methyl sites for hydroxylation is 1. The van der Waals surface area contributed by atoms with Crippen LogP contribution in [0.1, 0.15) is 18.4 Å². The van der Waals surface area contributed by atoms with Crippen LogP contribution in [-0.4, -0.2) is 24.3 Å². The summed E-state index contributed by atoms with van der Waals surface area (Å²) in [6.07, 6.45) is 3.37. The van der Waals surface area contributed by atoms with Gasteiger partial charge in [0, 0.05) is 36.5 Å². The first-order valence-electron chi connectivity index (χ1n) is 6.05. The smallest absolute Gasteiger partial charge is 0.0479 e. The van der Waals surface area contributed by atoms with Gasteiger partial charge in [-0.3, -0.25) is 0 Å². The van der Waals surface area contributed by atoms with Crippen molar-refractivity contribution < 1.29 is 5.11 Å². The molecule has 2 aliphatic rings. The molecule has 2 atom stereocenters. The first-order valence-corrected chi connectivity index (χ1v) is 6.05. The number of rotatable bonds is 1. The van der Waals surface area contributed by atoms with E-state index in [9.17, 15) is 5.11 Å². The number of benzene rings is 1. The van der Waals surface area contributed by atoms with Crippen LogP contribution in [-0.2, 0) is 6.42 Å². The van der Waals surface area contributed by atoms with Gasteiger partial charge in [-0.1, -0.05) is 0 Å². The number of nitrogens with two attached hydrogens (primary N) is 1. The second kappa shape index (κ2) is 3.67. The maximum atomic E-state index is 9.35. The first kappa shape index (κ1) is 9.97. The third-order valence-electron chi connectivity index (χ3n) is 4.04. The molecule has 0 radical (unpaired) electrons. The normalized spacial score (nSPS) is 27.7. The Kier molecular flexibility index (Phi) is 2.28. The fraction of sp³-hybridized carbons (Fsp3) is 0.538. The summed E-state index contributed by atoms with van der Waals surface area (Å²) < 4.78 is 0. The first-order chi connectivity index (χ1) is 7.79. The molecule has 3 nitrogen and oxygen atoms in total. The summed E-state index contributed by atoms with van der Waals surface area (Å²) in [5, 5.41) is 9.35. The molecule has 2 unspecified atom stereocenters. The van der Waals surface area contributed by atoms with Gasteiger partial charge in [-0.2, -0.15) is 0 Å². The zero-order valence-electron chi connectivity index (χ0n) is 9.39. The van der Waals surface area contributed by atoms with Crippen LogP contribution in [0.4, 0.5) is 11.4 Å². The lowest BCUT2D eigenvalue weighted by atomic mass is 9.91. The van der Waals surface area contributed by atoms with E-state index in [0.29, 0.717) is 18.6 Å². The van der Waals surface area contributed by atoms with Crippen LogP contribution in [0.3, 0.4) is 0 Å². The van der Waals surface area contributed by atoms with E-state index in [-0.39, 0.29) is 0 Å². The number of nitrogens with zero attached hydrogens (tertiary/aromatic N) is 1. The van der Waals surface area contributed by atoms with E-state index in [1.165, 1.54) is 11.3 Å². The molecular formula is C13H18N2O. The van der Waals surface area contributed by atoms with Crippen molar-refractivity contribution in [1.82, 2.24) is 0 Å². The lowest BCUT2D eigenvalue weighted by molar-refractivity contribution is 0.213. The monoisotopic (exact) mass is 218 g/mol. The molecule has 0 saturated carbocycles. The van der Waals surface area contributed by atoms with Crippen molar-refractivity contribution >= 4 is 11.4 Å². The number of anilines is 2. The maximum Gasteiger partial charge on any atom is 0.0479 e. The Labute approximate surface area is 95.9 Å². The zero-order valence-corrected chi connectivity index (χ0v) is 9.39. The average Bonchev–Trinajstić information content (AvgIpc) is 2.71. The second-order valence-corrected chi connectivity index (χ2v) is 4.92. The van der Waals surface area contributed by atoms with Gasteiger partial charge < -0.3 is 15.7 Å². The minimum atomic E-state index is 0.325. The lowest BCUT2D eigenvalue weighted by Gasteiger charge is -2.35. The molecule has 0 aliphatic carbocycles. The van der Waals surface area contributed by atoms with Crippen LogP contribution in [0.15, 0.2) is 18.2 Å². The molecule has 86 valence electrons. The molecule has 2 heterocycles. The van der Waals surface area contributed by atoms with E-state index in [1.54, 1.807) is 0 Å². The maximum absolute atomic E-state index is 9.35. The van der Waals surface area contributed by atoms with Crippen molar-refractivity contribution in [2.24, 2.45) is 5.92 Å². The number of nitrogen functional groups attached to an aromatic ring is 1. The zero-order chi connectivity index (χ0) is 11.1. The van der Waals surface area contributed by atoms with E-state index in [2.05, 4.69) is 17.0 Å². The number of hydrogen-bond acceptors (Lipinski definition) is 3. The molecule has 1 saturated heterocycles. The van der Waals surface area contributed by atoms with Gasteiger partial charge in [-0.25, -0.2) is 0 Å². The third-order valence-corrected chi connectivity index (χ3v) is 4.04. The van der Waals surface area contributed by atoms with Crippen LogP contribution in [0.5, 0.6) is 0 Å². The Hall–Kier alpha value is -1.22. The van der Waals surface area contributed by atoms with E-state index in [4.69, 9.17) is 5.73 Å². The van der Waals surface area contributed by atoms with E-state index in [1.807, 2.05) is 6.07 Å². The summed E-state index contributed by atoms with van der Waals surface area (Å²) in [4.78, 5) is 2.46. The molecule has 0 spiro atoms. The van der Waals surface area contributed by atoms with Crippen molar-refractivity contribution in [3.8, 4) is 0 Å². The minimum Gasteiger partial charge on any atom is -0.399 e. The lowest BCUT2D eigenvalue weighted by Crippen LogP contribution is -2.37. The highest BCUT2D eigenvalue weighted by molar-refractivity contribution is 5.62. The fourth-order valence-electron chi connectivity index (χ4n) is 3.21. The van der Waals surface area contributed by atoms with Gasteiger partial charge in [0.05, 0.1) is 0 Å². The molecule has 16 heavy (non-hydrogen) atoms. The average molecular weight is 218 g/mol. The number of hydrogen-bond donors (Lipinski definition) is 2. The molecule has 1 aromatic carbocycles. The van der Waals surface area contributed by atoms with Crippen molar-refractivity contribution in [2.45, 2.75) is 25.3 Å². The summed E-state index contributed by atoms with van der Waals surface area (Å²) in [6, 6.07) is 6.75. The van der Waals surface area contributed by atoms with Gasteiger partial charge in [0.1, 0.15) is 0 Å². The Balaban J connectivity index is 1.96. The van der Waals surface area contributed by atoms with Crippen molar-refractivity contribution in [1.29, 1.82) is 0 Å². The standard InChI is InChI=1S/C13H18N2O/c14-11-2-4-12-9(7-11)1-3-13-10(8-16)5-6-15(12)13/h2,4,7,10,13,16H,1,3,5-6,8,14H2. The molecule has 0 aromatic heterocycles. The SMILES string of the molecule is Nc1ccc2c(c1)CCC1C(CO)CCN21. The Morgan fingerprint density at radius 2 is 2.25 bits per heavy atom. The van der Waals surface area contributed by atoms with Gasteiger partial charge in [-0.15, -0.1) is 0 Å². The fourth-order valence-corrected chi connectivity index (χ4v) is 3.21. The Morgan fingerprint density at radius 3 is 3.06 bits per heavy atom. The van der Waals surface area contributed by atoms with Gasteiger partial charge in [-0.05, 0) is 43.0 Å². The summed E-state index contributed by atoms with van der Waals surface area (Å²) >= 11 is 0. The van der Waals surface area contributed by atoms with E-state index in [0.717, 1.165) is 31.5 Å². The van der Waals surface area contributed by atoms with E-state index >= 15 is 0 Å². The Morgan fingerprint density at radius 1 is 1.38 bits per heavy atom. The highest BCUT2D eigenvalue weighted by atomic mass is 16.3. The van der Waals surface area contributed by atoms with Crippen molar-refractivity contribution in [3.63, 3.8) is 0 Å². The molecule has 2 aliphatic heterocycles. The number of aliphatic hydroxyl groups is 1. The quantitative estimate of drug-likeness (QED) is 0.701. The van der Waals surface area contributed by atoms with E-state index < -0.39 is 0 Å². The summed E-state index contributed by atoms with van der Waals surface area (Å²) in [5.74, 6) is 0.464. The third kappa shape index (κ3) is 1.39. The van der Waals surface area contributed by atoms with Gasteiger partial charge in [0.15, 0.2) is 0 Å². The van der Waals surface area contributed by atoms with Gasteiger partial charge in [0.25, 0.3) is 0 Å². The highest BCUT2D eigenvalue weighted by Crippen LogP contribution is 2.39. The van der Waals surface area contributed by atoms with Crippen LogP contribution in [0, 0.1) is 5.92 Å². The number of fused-ring (bicyclic) bond motifs is 3. The van der Waals surface area contributed by atoms with Crippen LogP contribution >= 0.6 is 0 Å². The predicted octanol–water partition coefficient (Wildman–Crippen LogP) is 1.40. The summed E-state index contributed by atoms with van der Waals surface area (Å²) in [6.45, 7) is 1.40. The molecule has 1 aromatic rings. The van der Waals surface area contributed by atoms with Crippen LogP contribution < -0.4 is 10.6 Å². The predicted molar refractivity (Wildman–Crippen MR) is 65.5 cm³/mol. The molecule has 3 N–H and O–H groups in total. The van der Waals surface area contributed by atoms with Crippen molar-refractivity contribution in [3.05, 3.63) is 23.8 Å². The molecular weight excluding hydrogens is 200 g/mol. The largest absolute Gasteiger partial charge is 0.399 e. The molecule has 3 rings (SSSR count). The topological polar surface area (TPSA) is 49.5 Å². The second-order valence-electron chi connectivity index (χ2n) is 4.92. The minimum absolute atomic E-state index is 0.325. The van der Waals surface area contributed by atoms with Crippen LogP contribution in [0.2, 0.25) is 0 Å². The molecule has 0 amide bonds. The summed E-state index contributed by atoms with van der Waals surface area (Å²) in [5.41, 5.74) is 9.38. The van der Waals surface area contributed by atoms with Crippen molar-refractivity contribution in [2.75, 3.05) is 23.8 Å². The van der Waals surface area contributed by atoms with Gasteiger partial charge in [0.2, 0.25) is 0 Å². The number of aliphatic hydroxyl groups excluding tert-OH is 1. The molecule has 0 bridgehead atoms. The van der Waals surface area contributed by atoms with Gasteiger partial charge >= 0.3 is 0 Å². The highest BCUT2D eigenvalue weighted by Gasteiger charge is 2.36.